The molecule has 158 valence electrons. The summed E-state index contributed by atoms with van der Waals surface area (Å²) in [6, 6.07) is 6.88. The van der Waals surface area contributed by atoms with E-state index in [4.69, 9.17) is 20.5 Å². The molecule has 0 spiro atoms. The summed E-state index contributed by atoms with van der Waals surface area (Å²) < 4.78 is 37.6. The SMILES string of the molecule is N#C[C@@H]1CC(F)(F)CN1C(=O)COC(=O)c1ccnc2ccc(OCCCN)cc12. The fourth-order valence-corrected chi connectivity index (χ4v) is 3.15. The second-order valence-electron chi connectivity index (χ2n) is 6.83. The number of pyridine rings is 1. The lowest BCUT2D eigenvalue weighted by Gasteiger charge is -2.19. The highest BCUT2D eigenvalue weighted by atomic mass is 19.3. The first-order valence-corrected chi connectivity index (χ1v) is 9.30. The summed E-state index contributed by atoms with van der Waals surface area (Å²) >= 11 is 0. The van der Waals surface area contributed by atoms with Gasteiger partial charge in [-0.3, -0.25) is 9.78 Å². The van der Waals surface area contributed by atoms with Crippen molar-refractivity contribution in [2.75, 3.05) is 26.3 Å². The van der Waals surface area contributed by atoms with E-state index >= 15 is 0 Å². The second kappa shape index (κ2) is 9.00. The van der Waals surface area contributed by atoms with Gasteiger partial charge in [0.25, 0.3) is 11.8 Å². The highest BCUT2D eigenvalue weighted by Crippen LogP contribution is 2.31. The molecule has 0 radical (unpaired) electrons. The highest BCUT2D eigenvalue weighted by Gasteiger charge is 2.47. The number of esters is 1. The van der Waals surface area contributed by atoms with Crippen LogP contribution in [0.4, 0.5) is 8.78 Å². The van der Waals surface area contributed by atoms with E-state index in [1.54, 1.807) is 24.3 Å². The van der Waals surface area contributed by atoms with E-state index in [1.807, 2.05) is 0 Å². The van der Waals surface area contributed by atoms with Gasteiger partial charge < -0.3 is 20.1 Å². The normalized spacial score (nSPS) is 17.5. The maximum absolute atomic E-state index is 13.5. The van der Waals surface area contributed by atoms with Gasteiger partial charge in [-0.15, -0.1) is 0 Å². The van der Waals surface area contributed by atoms with Crippen LogP contribution in [0.2, 0.25) is 0 Å². The van der Waals surface area contributed by atoms with Gasteiger partial charge in [0.1, 0.15) is 11.8 Å². The third kappa shape index (κ3) is 4.80. The van der Waals surface area contributed by atoms with Gasteiger partial charge in [-0.05, 0) is 37.2 Å². The van der Waals surface area contributed by atoms with E-state index in [0.29, 0.717) is 36.2 Å². The largest absolute Gasteiger partial charge is 0.494 e. The smallest absolute Gasteiger partial charge is 0.339 e. The molecule has 2 aromatic rings. The van der Waals surface area contributed by atoms with Gasteiger partial charge in [-0.25, -0.2) is 13.6 Å². The molecule has 0 aliphatic carbocycles. The number of hydrogen-bond acceptors (Lipinski definition) is 7. The maximum Gasteiger partial charge on any atom is 0.339 e. The van der Waals surface area contributed by atoms with Crippen LogP contribution in [0.3, 0.4) is 0 Å². The Morgan fingerprint density at radius 2 is 2.17 bits per heavy atom. The quantitative estimate of drug-likeness (QED) is 0.539. The Hall–Kier alpha value is -3.32. The molecule has 1 saturated heterocycles. The van der Waals surface area contributed by atoms with Gasteiger partial charge in [0.05, 0.1) is 30.3 Å². The molecule has 3 rings (SSSR count). The summed E-state index contributed by atoms with van der Waals surface area (Å²) in [6.45, 7) is -0.722. The summed E-state index contributed by atoms with van der Waals surface area (Å²) in [4.78, 5) is 29.7. The molecule has 0 bridgehead atoms. The molecule has 1 atom stereocenters. The number of rotatable bonds is 7. The molecule has 1 aliphatic heterocycles. The number of carbonyl (C=O) groups excluding carboxylic acids is 2. The van der Waals surface area contributed by atoms with Crippen molar-refractivity contribution in [3.8, 4) is 11.8 Å². The van der Waals surface area contributed by atoms with Crippen LogP contribution in [0, 0.1) is 11.3 Å². The molecule has 10 heteroatoms. The lowest BCUT2D eigenvalue weighted by molar-refractivity contribution is -0.135. The van der Waals surface area contributed by atoms with Crippen molar-refractivity contribution in [1.29, 1.82) is 5.26 Å². The summed E-state index contributed by atoms with van der Waals surface area (Å²) in [5.41, 5.74) is 6.11. The average Bonchev–Trinajstić information content (AvgIpc) is 3.06. The van der Waals surface area contributed by atoms with E-state index in [1.165, 1.54) is 12.3 Å². The number of fused-ring (bicyclic) bond motifs is 1. The molecule has 0 saturated carbocycles. The molecular formula is C20H20F2N4O4. The average molecular weight is 418 g/mol. The number of likely N-dealkylation sites (tertiary alicyclic amines) is 1. The van der Waals surface area contributed by atoms with E-state index < -0.39 is 43.4 Å². The van der Waals surface area contributed by atoms with Gasteiger partial charge >= 0.3 is 5.97 Å². The number of nitrogens with two attached hydrogens (primary N) is 1. The number of ether oxygens (including phenoxy) is 2. The predicted molar refractivity (Wildman–Crippen MR) is 102 cm³/mol. The molecule has 1 aromatic heterocycles. The summed E-state index contributed by atoms with van der Waals surface area (Å²) in [5, 5.41) is 9.44. The Bertz CT molecular complexity index is 992. The number of halogens is 2. The van der Waals surface area contributed by atoms with Crippen molar-refractivity contribution in [2.45, 2.75) is 24.8 Å². The lowest BCUT2D eigenvalue weighted by atomic mass is 10.1. The summed E-state index contributed by atoms with van der Waals surface area (Å²) in [6.07, 6.45) is 1.36. The minimum atomic E-state index is -3.14. The first kappa shape index (κ1) is 21.4. The van der Waals surface area contributed by atoms with Crippen molar-refractivity contribution >= 4 is 22.8 Å². The molecule has 2 N–H and O–H groups in total. The highest BCUT2D eigenvalue weighted by molar-refractivity contribution is 6.04. The summed E-state index contributed by atoms with van der Waals surface area (Å²) in [5.74, 6) is -4.28. The number of hydrogen-bond donors (Lipinski definition) is 1. The van der Waals surface area contributed by atoms with Crippen molar-refractivity contribution < 1.29 is 27.8 Å². The Kier molecular flexibility index (Phi) is 6.42. The van der Waals surface area contributed by atoms with Crippen molar-refractivity contribution in [3.63, 3.8) is 0 Å². The predicted octanol–water partition coefficient (Wildman–Crippen LogP) is 1.88. The van der Waals surface area contributed by atoms with Gasteiger partial charge in [-0.1, -0.05) is 0 Å². The fourth-order valence-electron chi connectivity index (χ4n) is 3.15. The zero-order chi connectivity index (χ0) is 21.7. The van der Waals surface area contributed by atoms with Crippen LogP contribution in [-0.2, 0) is 9.53 Å². The third-order valence-electron chi connectivity index (χ3n) is 4.62. The van der Waals surface area contributed by atoms with Crippen molar-refractivity contribution in [3.05, 3.63) is 36.0 Å². The molecule has 1 amide bonds. The molecule has 1 aliphatic rings. The Morgan fingerprint density at radius 1 is 1.37 bits per heavy atom. The molecular weight excluding hydrogens is 398 g/mol. The number of nitrogens with zero attached hydrogens (tertiary/aromatic N) is 3. The summed E-state index contributed by atoms with van der Waals surface area (Å²) in [7, 11) is 0. The van der Waals surface area contributed by atoms with Crippen LogP contribution in [0.25, 0.3) is 10.9 Å². The number of alkyl halides is 2. The van der Waals surface area contributed by atoms with Crippen molar-refractivity contribution in [1.82, 2.24) is 9.88 Å². The number of amides is 1. The number of aromatic nitrogens is 1. The number of benzene rings is 1. The topological polar surface area (TPSA) is 119 Å². The maximum atomic E-state index is 13.5. The van der Waals surface area contributed by atoms with Crippen LogP contribution in [0.5, 0.6) is 5.75 Å². The number of nitriles is 1. The van der Waals surface area contributed by atoms with Crippen LogP contribution in [0.15, 0.2) is 30.5 Å². The molecule has 8 nitrogen and oxygen atoms in total. The van der Waals surface area contributed by atoms with Gasteiger partial charge in [-0.2, -0.15) is 5.26 Å². The standard InChI is InChI=1S/C20H20F2N4O4/c21-20(22)9-13(10-24)26(12-20)18(27)11-30-19(28)15-4-6-25-17-3-2-14(8-16(15)17)29-7-1-5-23/h2-4,6,8,13H,1,5,7,9,11-12,23H2/t13-/m0/s1. The zero-order valence-corrected chi connectivity index (χ0v) is 16.0. The van der Waals surface area contributed by atoms with Crippen LogP contribution >= 0.6 is 0 Å². The minimum absolute atomic E-state index is 0.153. The van der Waals surface area contributed by atoms with E-state index in [2.05, 4.69) is 4.98 Å². The monoisotopic (exact) mass is 418 g/mol. The van der Waals surface area contributed by atoms with Gasteiger partial charge in [0.2, 0.25) is 0 Å². The van der Waals surface area contributed by atoms with Crippen LogP contribution < -0.4 is 10.5 Å². The van der Waals surface area contributed by atoms with E-state index in [9.17, 15) is 18.4 Å². The van der Waals surface area contributed by atoms with Crippen LogP contribution in [0.1, 0.15) is 23.2 Å². The Labute approximate surface area is 171 Å². The van der Waals surface area contributed by atoms with Crippen molar-refractivity contribution in [2.24, 2.45) is 5.73 Å². The Balaban J connectivity index is 1.71. The molecule has 2 heterocycles. The first-order valence-electron chi connectivity index (χ1n) is 9.30. The first-order chi connectivity index (χ1) is 14.3. The van der Waals surface area contributed by atoms with Gasteiger partial charge in [0, 0.05) is 18.0 Å². The zero-order valence-electron chi connectivity index (χ0n) is 16.0. The fraction of sp³-hybridized carbons (Fsp3) is 0.400. The number of carbonyl (C=O) groups is 2. The Morgan fingerprint density at radius 3 is 2.90 bits per heavy atom. The lowest BCUT2D eigenvalue weighted by Crippen LogP contribution is -2.38. The molecule has 30 heavy (non-hydrogen) atoms. The third-order valence-corrected chi connectivity index (χ3v) is 4.62. The molecule has 1 fully saturated rings. The van der Waals surface area contributed by atoms with E-state index in [-0.39, 0.29) is 5.56 Å². The second-order valence-corrected chi connectivity index (χ2v) is 6.83. The van der Waals surface area contributed by atoms with Crippen LogP contribution in [-0.4, -0.2) is 60.0 Å². The van der Waals surface area contributed by atoms with Gasteiger partial charge in [0.15, 0.2) is 6.61 Å². The van der Waals surface area contributed by atoms with E-state index in [0.717, 1.165) is 4.90 Å². The molecule has 0 unspecified atom stereocenters. The minimum Gasteiger partial charge on any atom is -0.494 e. The molecule has 1 aromatic carbocycles.